The van der Waals surface area contributed by atoms with Crippen LogP contribution in [0.5, 0.6) is 0 Å². The monoisotopic (exact) mass is 320 g/mol. The number of ether oxygens (including phenoxy) is 1. The smallest absolute Gasteiger partial charge is 0.337 e. The summed E-state index contributed by atoms with van der Waals surface area (Å²) in [5.74, 6) is -0.300. The Balaban J connectivity index is 2.73. The van der Waals surface area contributed by atoms with Gasteiger partial charge in [-0.2, -0.15) is 0 Å². The van der Waals surface area contributed by atoms with Crippen molar-refractivity contribution in [1.82, 2.24) is 0 Å². The third-order valence-corrected chi connectivity index (χ3v) is 2.41. The van der Waals surface area contributed by atoms with Gasteiger partial charge < -0.3 is 4.74 Å². The molecular weight excluding hydrogens is 312 g/mol. The number of esters is 1. The summed E-state index contributed by atoms with van der Waals surface area (Å²) >= 11 is 6.79. The molecule has 0 heterocycles. The zero-order valence-electron chi connectivity index (χ0n) is 7.67. The molecule has 0 radical (unpaired) electrons. The molecule has 0 aliphatic carbocycles. The summed E-state index contributed by atoms with van der Waals surface area (Å²) in [6.45, 7) is 0. The van der Waals surface area contributed by atoms with Gasteiger partial charge in [-0.15, -0.1) is 0 Å². The minimum atomic E-state index is -0.300. The third-order valence-electron chi connectivity index (χ3n) is 1.77. The molecule has 1 aromatic carbocycles. The second-order valence-corrected chi connectivity index (χ2v) is 6.22. The van der Waals surface area contributed by atoms with E-state index in [2.05, 4.69) is 36.6 Å². The van der Waals surface area contributed by atoms with Gasteiger partial charge in [0.15, 0.2) is 0 Å². The Morgan fingerprint density at radius 1 is 1.36 bits per heavy atom. The fourth-order valence-electron chi connectivity index (χ4n) is 1.07. The van der Waals surface area contributed by atoms with Crippen LogP contribution in [0, 0.1) is 0 Å². The van der Waals surface area contributed by atoms with Gasteiger partial charge in [-0.3, -0.25) is 0 Å². The average molecular weight is 322 g/mol. The van der Waals surface area contributed by atoms with E-state index in [1.807, 2.05) is 12.1 Å². The summed E-state index contributed by atoms with van der Waals surface area (Å²) in [6, 6.07) is 7.37. The van der Waals surface area contributed by atoms with Crippen molar-refractivity contribution in [3.63, 3.8) is 0 Å². The summed E-state index contributed by atoms with van der Waals surface area (Å²) < 4.78 is 4.86. The molecule has 1 aromatic rings. The lowest BCUT2D eigenvalue weighted by atomic mass is 10.1. The first-order valence-corrected chi connectivity index (χ1v) is 5.92. The number of carbonyl (C=O) groups excluding carboxylic acids is 1. The average Bonchev–Trinajstić information content (AvgIpc) is 2.17. The number of alkyl halides is 2. The van der Waals surface area contributed by atoms with Crippen LogP contribution in [0.2, 0.25) is 0 Å². The Labute approximate surface area is 99.9 Å². The Kier molecular flexibility index (Phi) is 4.62. The molecule has 0 fully saturated rings. The molecule has 0 saturated carbocycles. The lowest BCUT2D eigenvalue weighted by Gasteiger charge is -2.03. The molecule has 4 heteroatoms. The van der Waals surface area contributed by atoms with E-state index in [1.54, 1.807) is 12.1 Å². The topological polar surface area (TPSA) is 26.3 Å². The van der Waals surface area contributed by atoms with Crippen LogP contribution in [0.15, 0.2) is 24.3 Å². The van der Waals surface area contributed by atoms with Crippen molar-refractivity contribution in [3.05, 3.63) is 35.4 Å². The van der Waals surface area contributed by atoms with Crippen molar-refractivity contribution in [2.24, 2.45) is 0 Å². The Morgan fingerprint density at radius 2 is 1.93 bits per heavy atom. The quantitative estimate of drug-likeness (QED) is 0.631. The van der Waals surface area contributed by atoms with Crippen molar-refractivity contribution in [2.75, 3.05) is 7.11 Å². The number of hydrogen-bond acceptors (Lipinski definition) is 2. The molecule has 0 amide bonds. The number of carbonyl (C=O) groups is 1. The first-order chi connectivity index (χ1) is 6.63. The zero-order valence-corrected chi connectivity index (χ0v) is 10.8. The van der Waals surface area contributed by atoms with E-state index in [9.17, 15) is 4.79 Å². The maximum absolute atomic E-state index is 11.1. The molecule has 0 saturated heterocycles. The van der Waals surface area contributed by atoms with Gasteiger partial charge in [-0.1, -0.05) is 44.0 Å². The molecule has 0 aliphatic rings. The SMILES string of the molecule is COC(=O)c1ccc(CC(Br)Br)cc1. The molecule has 14 heavy (non-hydrogen) atoms. The second-order valence-electron chi connectivity index (χ2n) is 2.78. The highest BCUT2D eigenvalue weighted by Crippen LogP contribution is 2.16. The lowest BCUT2D eigenvalue weighted by Crippen LogP contribution is -2.01. The molecular formula is C10H10Br2O2. The number of rotatable bonds is 3. The summed E-state index contributed by atoms with van der Waals surface area (Å²) in [7, 11) is 1.38. The van der Waals surface area contributed by atoms with Gasteiger partial charge in [-0.05, 0) is 24.1 Å². The Bertz CT molecular complexity index is 306. The van der Waals surface area contributed by atoms with Crippen molar-refractivity contribution in [2.45, 2.75) is 10.2 Å². The number of hydrogen-bond donors (Lipinski definition) is 0. The van der Waals surface area contributed by atoms with Crippen molar-refractivity contribution in [1.29, 1.82) is 0 Å². The highest BCUT2D eigenvalue weighted by atomic mass is 79.9. The van der Waals surface area contributed by atoms with Crippen LogP contribution in [-0.2, 0) is 11.2 Å². The van der Waals surface area contributed by atoms with Crippen molar-refractivity contribution < 1.29 is 9.53 Å². The van der Waals surface area contributed by atoms with Gasteiger partial charge in [0.25, 0.3) is 0 Å². The molecule has 1 rings (SSSR count). The van der Waals surface area contributed by atoms with Crippen LogP contribution in [0.1, 0.15) is 15.9 Å². The minimum Gasteiger partial charge on any atom is -0.465 e. The zero-order chi connectivity index (χ0) is 10.6. The molecule has 0 unspecified atom stereocenters. The van der Waals surface area contributed by atoms with E-state index in [-0.39, 0.29) is 9.71 Å². The maximum Gasteiger partial charge on any atom is 0.337 e. The van der Waals surface area contributed by atoms with Crippen LogP contribution in [0.3, 0.4) is 0 Å². The van der Waals surface area contributed by atoms with E-state index in [0.717, 1.165) is 12.0 Å². The normalized spacial score (nSPS) is 10.3. The number of methoxy groups -OCH3 is 1. The molecule has 0 aromatic heterocycles. The van der Waals surface area contributed by atoms with E-state index >= 15 is 0 Å². The number of benzene rings is 1. The van der Waals surface area contributed by atoms with Crippen molar-refractivity contribution in [3.8, 4) is 0 Å². The predicted molar refractivity (Wildman–Crippen MR) is 63.1 cm³/mol. The Hall–Kier alpha value is -0.350. The van der Waals surface area contributed by atoms with Crippen LogP contribution in [0.25, 0.3) is 0 Å². The minimum absolute atomic E-state index is 0.263. The molecule has 76 valence electrons. The van der Waals surface area contributed by atoms with E-state index in [4.69, 9.17) is 0 Å². The predicted octanol–water partition coefficient (Wildman–Crippen LogP) is 3.13. The highest BCUT2D eigenvalue weighted by molar-refractivity contribution is 9.24. The molecule has 2 nitrogen and oxygen atoms in total. The largest absolute Gasteiger partial charge is 0.465 e. The van der Waals surface area contributed by atoms with Gasteiger partial charge in [0, 0.05) is 0 Å². The summed E-state index contributed by atoms with van der Waals surface area (Å²) in [5.41, 5.74) is 1.74. The van der Waals surface area contributed by atoms with Gasteiger partial charge in [0.1, 0.15) is 0 Å². The third kappa shape index (κ3) is 3.42. The van der Waals surface area contributed by atoms with Gasteiger partial charge >= 0.3 is 5.97 Å². The fourth-order valence-corrected chi connectivity index (χ4v) is 1.82. The highest BCUT2D eigenvalue weighted by Gasteiger charge is 2.05. The fraction of sp³-hybridized carbons (Fsp3) is 0.300. The molecule has 0 aliphatic heterocycles. The van der Waals surface area contributed by atoms with E-state index in [1.165, 1.54) is 7.11 Å². The lowest BCUT2D eigenvalue weighted by molar-refractivity contribution is 0.0601. The summed E-state index contributed by atoms with van der Waals surface area (Å²) in [4.78, 5) is 11.1. The van der Waals surface area contributed by atoms with Gasteiger partial charge in [0.2, 0.25) is 0 Å². The van der Waals surface area contributed by atoms with Crippen LogP contribution < -0.4 is 0 Å². The first kappa shape index (κ1) is 11.7. The van der Waals surface area contributed by atoms with Crippen LogP contribution in [-0.4, -0.2) is 16.8 Å². The molecule has 0 spiro atoms. The Morgan fingerprint density at radius 3 is 2.36 bits per heavy atom. The first-order valence-electron chi connectivity index (χ1n) is 4.09. The van der Waals surface area contributed by atoms with Crippen LogP contribution in [0.4, 0.5) is 0 Å². The van der Waals surface area contributed by atoms with Crippen molar-refractivity contribution >= 4 is 37.8 Å². The van der Waals surface area contributed by atoms with E-state index < -0.39 is 0 Å². The van der Waals surface area contributed by atoms with Crippen LogP contribution >= 0.6 is 31.9 Å². The summed E-state index contributed by atoms with van der Waals surface area (Å²) in [5, 5.41) is 0. The molecule has 0 N–H and O–H groups in total. The van der Waals surface area contributed by atoms with Gasteiger partial charge in [0.05, 0.1) is 16.4 Å². The second kappa shape index (κ2) is 5.51. The standard InChI is InChI=1S/C10H10Br2O2/c1-14-10(13)8-4-2-7(3-5-8)6-9(11)12/h2-5,9H,6H2,1H3. The van der Waals surface area contributed by atoms with E-state index in [0.29, 0.717) is 5.56 Å². The molecule has 0 bridgehead atoms. The summed E-state index contributed by atoms with van der Waals surface area (Å²) in [6.07, 6.45) is 0.876. The molecule has 0 atom stereocenters. The maximum atomic E-state index is 11.1. The van der Waals surface area contributed by atoms with Gasteiger partial charge in [-0.25, -0.2) is 4.79 Å². The number of halogens is 2.